The van der Waals surface area contributed by atoms with Gasteiger partial charge in [-0.2, -0.15) is 0 Å². The summed E-state index contributed by atoms with van der Waals surface area (Å²) in [7, 11) is 0. The van der Waals surface area contributed by atoms with Gasteiger partial charge in [-0.3, -0.25) is 9.69 Å². The summed E-state index contributed by atoms with van der Waals surface area (Å²) in [6.45, 7) is 9.72. The van der Waals surface area contributed by atoms with Crippen LogP contribution >= 0.6 is 0 Å². The zero-order chi connectivity index (χ0) is 21.5. The van der Waals surface area contributed by atoms with Gasteiger partial charge in [-0.15, -0.1) is 0 Å². The summed E-state index contributed by atoms with van der Waals surface area (Å²) in [4.78, 5) is 16.0. The van der Waals surface area contributed by atoms with Gasteiger partial charge in [0.15, 0.2) is 12.0 Å². The first kappa shape index (κ1) is 19.3. The highest BCUT2D eigenvalue weighted by Crippen LogP contribution is 2.66. The number of nitrogens with zero attached hydrogens (tertiary/aromatic N) is 1. The Balaban J connectivity index is 1.49. The Morgan fingerprint density at radius 1 is 1.00 bits per heavy atom. The van der Waals surface area contributed by atoms with Crippen LogP contribution in [0.3, 0.4) is 0 Å². The second-order valence-electron chi connectivity index (χ2n) is 11.1. The molecule has 160 valence electrons. The molecule has 0 aromatic heterocycles. The fourth-order valence-corrected chi connectivity index (χ4v) is 6.86. The Bertz CT molecular complexity index is 1110. The topological polar surface area (TPSA) is 29.5 Å². The van der Waals surface area contributed by atoms with Gasteiger partial charge in [0.25, 0.3) is 0 Å². The maximum Gasteiger partial charge on any atom is 0.163 e. The molecule has 5 aliphatic rings. The minimum atomic E-state index is -0.144. The fourth-order valence-electron chi connectivity index (χ4n) is 6.86. The van der Waals surface area contributed by atoms with E-state index in [1.807, 2.05) is 0 Å². The van der Waals surface area contributed by atoms with Crippen LogP contribution in [0.4, 0.5) is 0 Å². The van der Waals surface area contributed by atoms with E-state index in [4.69, 9.17) is 4.74 Å². The van der Waals surface area contributed by atoms with Gasteiger partial charge in [0.2, 0.25) is 0 Å². The van der Waals surface area contributed by atoms with Gasteiger partial charge < -0.3 is 4.74 Å². The molecule has 0 saturated carbocycles. The van der Waals surface area contributed by atoms with Crippen molar-refractivity contribution >= 4 is 5.78 Å². The van der Waals surface area contributed by atoms with E-state index in [-0.39, 0.29) is 29.0 Å². The molecule has 0 amide bonds. The number of ketones is 1. The summed E-state index contributed by atoms with van der Waals surface area (Å²) in [5.74, 6) is 1.47. The second kappa shape index (κ2) is 6.32. The van der Waals surface area contributed by atoms with Crippen molar-refractivity contribution < 1.29 is 9.53 Å². The molecular weight excluding hydrogens is 382 g/mol. The molecule has 4 bridgehead atoms. The van der Waals surface area contributed by atoms with Crippen molar-refractivity contribution in [2.75, 3.05) is 0 Å². The van der Waals surface area contributed by atoms with Crippen LogP contribution in [0.1, 0.15) is 74.2 Å². The SMILES string of the molecule is Cc1ccc(CN2C3CC4(C)C5=C(CC(C)(C)CC5=O)OC2C4c2ccccc23)cc1. The van der Waals surface area contributed by atoms with E-state index in [0.29, 0.717) is 12.2 Å². The van der Waals surface area contributed by atoms with E-state index >= 15 is 0 Å². The Labute approximate surface area is 185 Å². The van der Waals surface area contributed by atoms with E-state index in [0.717, 1.165) is 30.7 Å². The minimum Gasteiger partial charge on any atom is -0.478 e. The predicted molar refractivity (Wildman–Crippen MR) is 121 cm³/mol. The summed E-state index contributed by atoms with van der Waals surface area (Å²) in [5, 5.41) is 0. The molecule has 7 rings (SSSR count). The number of allylic oxidation sites excluding steroid dienone is 2. The number of aryl methyl sites for hydroxylation is 1. The average Bonchev–Trinajstić information content (AvgIpc) is 2.70. The first-order valence-corrected chi connectivity index (χ1v) is 11.6. The van der Waals surface area contributed by atoms with E-state index in [1.54, 1.807) is 0 Å². The number of hydrogen-bond donors (Lipinski definition) is 0. The van der Waals surface area contributed by atoms with E-state index < -0.39 is 0 Å². The third-order valence-corrected chi connectivity index (χ3v) is 8.16. The van der Waals surface area contributed by atoms with Crippen molar-refractivity contribution in [1.82, 2.24) is 4.90 Å². The summed E-state index contributed by atoms with van der Waals surface area (Å²) >= 11 is 0. The molecule has 2 aliphatic carbocycles. The average molecular weight is 414 g/mol. The van der Waals surface area contributed by atoms with Crippen molar-refractivity contribution in [2.45, 2.75) is 71.7 Å². The molecule has 3 heteroatoms. The zero-order valence-electron chi connectivity index (χ0n) is 18.9. The predicted octanol–water partition coefficient (Wildman–Crippen LogP) is 6.05. The lowest BCUT2D eigenvalue weighted by atomic mass is 9.52. The van der Waals surface area contributed by atoms with Crippen LogP contribution in [0.15, 0.2) is 59.9 Å². The number of ether oxygens (including phenoxy) is 1. The normalized spacial score (nSPS) is 33.0. The van der Waals surface area contributed by atoms with Crippen molar-refractivity contribution in [2.24, 2.45) is 10.8 Å². The van der Waals surface area contributed by atoms with Gasteiger partial charge >= 0.3 is 0 Å². The van der Waals surface area contributed by atoms with Crippen molar-refractivity contribution in [3.05, 3.63) is 82.1 Å². The maximum absolute atomic E-state index is 13.4. The lowest BCUT2D eigenvalue weighted by Gasteiger charge is -2.63. The monoisotopic (exact) mass is 413 g/mol. The van der Waals surface area contributed by atoms with E-state index in [9.17, 15) is 4.79 Å². The highest BCUT2D eigenvalue weighted by molar-refractivity contribution is 5.99. The molecule has 3 nitrogen and oxygen atoms in total. The first-order valence-electron chi connectivity index (χ1n) is 11.6. The van der Waals surface area contributed by atoms with E-state index in [2.05, 4.69) is 81.1 Å². The van der Waals surface area contributed by atoms with Crippen molar-refractivity contribution in [3.8, 4) is 0 Å². The van der Waals surface area contributed by atoms with Crippen LogP contribution in [0.25, 0.3) is 0 Å². The Morgan fingerprint density at radius 2 is 1.71 bits per heavy atom. The third-order valence-electron chi connectivity index (χ3n) is 8.16. The number of benzene rings is 2. The largest absolute Gasteiger partial charge is 0.478 e. The molecule has 3 heterocycles. The molecule has 2 aromatic carbocycles. The number of carbonyl (C=O) groups is 1. The lowest BCUT2D eigenvalue weighted by molar-refractivity contribution is -0.170. The van der Waals surface area contributed by atoms with Gasteiger partial charge in [0.1, 0.15) is 5.76 Å². The zero-order valence-corrected chi connectivity index (χ0v) is 18.9. The maximum atomic E-state index is 13.4. The van der Waals surface area contributed by atoms with Gasteiger partial charge in [0, 0.05) is 42.3 Å². The Hall–Kier alpha value is -2.39. The Kier molecular flexibility index (Phi) is 3.94. The molecule has 1 fully saturated rings. The van der Waals surface area contributed by atoms with Crippen LogP contribution < -0.4 is 0 Å². The first-order chi connectivity index (χ1) is 14.8. The number of Topliss-reactive ketones (excluding diaryl/α,β-unsaturated/α-hetero) is 1. The smallest absolute Gasteiger partial charge is 0.163 e. The number of hydrogen-bond acceptors (Lipinski definition) is 3. The molecule has 0 spiro atoms. The highest BCUT2D eigenvalue weighted by atomic mass is 16.5. The van der Waals surface area contributed by atoms with Gasteiger partial charge in [0.05, 0.1) is 0 Å². The van der Waals surface area contributed by atoms with Crippen LogP contribution in [-0.4, -0.2) is 16.9 Å². The Morgan fingerprint density at radius 3 is 2.45 bits per heavy atom. The molecule has 0 radical (unpaired) electrons. The molecule has 1 saturated heterocycles. The van der Waals surface area contributed by atoms with Crippen molar-refractivity contribution in [1.29, 1.82) is 0 Å². The number of piperidine rings is 1. The minimum absolute atomic E-state index is 0.0135. The van der Waals surface area contributed by atoms with Crippen LogP contribution in [0, 0.1) is 17.8 Å². The summed E-state index contributed by atoms with van der Waals surface area (Å²) in [5.41, 5.74) is 6.24. The molecule has 2 aromatic rings. The highest BCUT2D eigenvalue weighted by Gasteiger charge is 2.63. The van der Waals surface area contributed by atoms with Gasteiger partial charge in [-0.1, -0.05) is 74.9 Å². The van der Waals surface area contributed by atoms with Gasteiger partial charge in [-0.25, -0.2) is 0 Å². The second-order valence-corrected chi connectivity index (χ2v) is 11.1. The summed E-state index contributed by atoms with van der Waals surface area (Å²) in [6, 6.07) is 18.0. The standard InChI is InChI=1S/C28H31NO2/c1-17-9-11-18(12-10-17)16-29-21-13-28(4)24(20-8-6-5-7-19(20)21)26(29)31-23-15-27(2,3)14-22(30)25(23)28/h5-12,21,24,26H,13-16H2,1-4H3. The summed E-state index contributed by atoms with van der Waals surface area (Å²) < 4.78 is 6.82. The van der Waals surface area contributed by atoms with Crippen molar-refractivity contribution in [3.63, 3.8) is 0 Å². The lowest BCUT2D eigenvalue weighted by Crippen LogP contribution is -2.61. The number of carbonyl (C=O) groups excluding carboxylic acids is 1. The summed E-state index contributed by atoms with van der Waals surface area (Å²) in [6.07, 6.45) is 2.46. The molecule has 4 unspecified atom stereocenters. The third kappa shape index (κ3) is 2.72. The quantitative estimate of drug-likeness (QED) is 0.601. The molecule has 31 heavy (non-hydrogen) atoms. The molecular formula is C28H31NO2. The van der Waals surface area contributed by atoms with Crippen LogP contribution in [-0.2, 0) is 16.1 Å². The number of rotatable bonds is 2. The van der Waals surface area contributed by atoms with Crippen LogP contribution in [0.2, 0.25) is 0 Å². The molecule has 3 aliphatic heterocycles. The molecule has 4 atom stereocenters. The molecule has 0 N–H and O–H groups in total. The van der Waals surface area contributed by atoms with E-state index in [1.165, 1.54) is 22.3 Å². The van der Waals surface area contributed by atoms with Gasteiger partial charge in [-0.05, 0) is 35.4 Å². The van der Waals surface area contributed by atoms with Crippen LogP contribution in [0.5, 0.6) is 0 Å². The fraction of sp³-hybridized carbons (Fsp3) is 0.464.